The van der Waals surface area contributed by atoms with E-state index in [1.807, 2.05) is 0 Å². The summed E-state index contributed by atoms with van der Waals surface area (Å²) in [7, 11) is 0. The molecule has 1 aliphatic rings. The number of nitrogens with two attached hydrogens (primary N) is 1. The van der Waals surface area contributed by atoms with Gasteiger partial charge >= 0.3 is 0 Å². The minimum absolute atomic E-state index is 0.0858. The predicted molar refractivity (Wildman–Crippen MR) is 119 cm³/mol. The average molecular weight is 471 g/mol. The first-order valence-corrected chi connectivity index (χ1v) is 10.5. The van der Waals surface area contributed by atoms with Crippen molar-refractivity contribution in [3.63, 3.8) is 0 Å². The Bertz CT molecular complexity index is 1290. The maximum absolute atomic E-state index is 14.8. The molecule has 2 atom stereocenters. The maximum atomic E-state index is 14.8. The molecule has 3 aromatic rings. The summed E-state index contributed by atoms with van der Waals surface area (Å²) in [5.41, 5.74) is 4.08. The van der Waals surface area contributed by atoms with Gasteiger partial charge in [0, 0.05) is 37.8 Å². The molecule has 1 fully saturated rings. The fourth-order valence-corrected chi connectivity index (χ4v) is 4.09. The summed E-state index contributed by atoms with van der Waals surface area (Å²) in [4.78, 5) is 46.3. The lowest BCUT2D eigenvalue weighted by atomic mass is 9.83. The summed E-state index contributed by atoms with van der Waals surface area (Å²) in [5.74, 6) is -4.53. The highest BCUT2D eigenvalue weighted by Gasteiger charge is 2.51. The van der Waals surface area contributed by atoms with Crippen molar-refractivity contribution in [2.24, 2.45) is 5.73 Å². The van der Waals surface area contributed by atoms with E-state index in [1.165, 1.54) is 42.7 Å². The third-order valence-electron chi connectivity index (χ3n) is 6.16. The molecule has 2 unspecified atom stereocenters. The maximum Gasteiger partial charge on any atom is 0.257 e. The monoisotopic (exact) mass is 471 g/mol. The van der Waals surface area contributed by atoms with Crippen molar-refractivity contribution < 1.29 is 18.3 Å². The molecule has 4 N–H and O–H groups in total. The zero-order valence-corrected chi connectivity index (χ0v) is 18.3. The molecular formula is C23H23F2N5O4. The van der Waals surface area contributed by atoms with Gasteiger partial charge in [0.15, 0.2) is 5.88 Å². The molecule has 0 bridgehead atoms. The van der Waals surface area contributed by atoms with Crippen molar-refractivity contribution in [1.82, 2.24) is 19.9 Å². The van der Waals surface area contributed by atoms with E-state index >= 15 is 0 Å². The van der Waals surface area contributed by atoms with E-state index in [9.17, 15) is 23.2 Å². The molecule has 4 rings (SSSR count). The number of amides is 1. The number of carbonyl (C=O) groups is 1. The second-order valence-corrected chi connectivity index (χ2v) is 8.29. The number of piperidine rings is 1. The Kier molecular flexibility index (Phi) is 6.05. The molecule has 34 heavy (non-hydrogen) atoms. The van der Waals surface area contributed by atoms with E-state index in [0.717, 1.165) is 0 Å². The number of likely N-dealkylation sites (tertiary alicyclic amines) is 1. The van der Waals surface area contributed by atoms with Crippen molar-refractivity contribution in [3.8, 4) is 11.6 Å². The number of halogens is 2. The number of pyridine rings is 3. The van der Waals surface area contributed by atoms with Gasteiger partial charge < -0.3 is 15.5 Å². The molecule has 11 heteroatoms. The van der Waals surface area contributed by atoms with E-state index in [0.29, 0.717) is 5.75 Å². The molecule has 178 valence electrons. The predicted octanol–water partition coefficient (Wildman–Crippen LogP) is 2.08. The summed E-state index contributed by atoms with van der Waals surface area (Å²) < 4.78 is 35.2. The van der Waals surface area contributed by atoms with Crippen LogP contribution in [0.15, 0.2) is 64.4 Å². The summed E-state index contributed by atoms with van der Waals surface area (Å²) in [6.07, 6.45) is 2.13. The summed E-state index contributed by atoms with van der Waals surface area (Å²) in [6.45, 7) is 1.28. The number of ether oxygens (including phenoxy) is 1. The number of carbonyl (C=O) groups excluding carboxylic acids is 1. The van der Waals surface area contributed by atoms with Crippen LogP contribution in [0.4, 0.5) is 8.78 Å². The Labute approximate surface area is 192 Å². The van der Waals surface area contributed by atoms with Gasteiger partial charge in [-0.15, -0.1) is 0 Å². The van der Waals surface area contributed by atoms with E-state index in [2.05, 4.69) is 15.0 Å². The summed E-state index contributed by atoms with van der Waals surface area (Å²) in [5, 5.41) is 0. The Morgan fingerprint density at radius 1 is 1.21 bits per heavy atom. The number of primary amides is 1. The molecule has 0 saturated carbocycles. The van der Waals surface area contributed by atoms with Gasteiger partial charge in [0.1, 0.15) is 11.3 Å². The number of aromatic amines is 2. The lowest BCUT2D eigenvalue weighted by molar-refractivity contribution is -0.139. The van der Waals surface area contributed by atoms with Crippen molar-refractivity contribution >= 4 is 5.91 Å². The first-order chi connectivity index (χ1) is 16.1. The van der Waals surface area contributed by atoms with E-state index in [4.69, 9.17) is 10.5 Å². The topological polar surface area (TPSA) is 134 Å². The van der Waals surface area contributed by atoms with Crippen molar-refractivity contribution in [2.45, 2.75) is 30.7 Å². The van der Waals surface area contributed by atoms with Crippen LogP contribution in [0, 0.1) is 0 Å². The highest BCUT2D eigenvalue weighted by molar-refractivity contribution is 5.85. The number of H-pyrrole nitrogens is 2. The molecule has 0 spiro atoms. The third-order valence-corrected chi connectivity index (χ3v) is 6.16. The fraction of sp³-hybridized carbons (Fsp3) is 0.304. The standard InChI is InChI=1S/C23H23F2N5O4/c1-22(21(26)33,17-7-6-15(12-27-17)34-20-4-2-3-19(32)29-20)30-10-9-23(24,25)16(13-30)14-5-8-18(31)28-11-14/h2-8,11-12,16H,9-10,13H2,1H3,(H2,26,33)(H,28,31)(H,29,32). The third kappa shape index (κ3) is 4.46. The van der Waals surface area contributed by atoms with Gasteiger partial charge in [-0.25, -0.2) is 8.78 Å². The fourth-order valence-electron chi connectivity index (χ4n) is 4.09. The number of aromatic nitrogens is 3. The van der Waals surface area contributed by atoms with Gasteiger partial charge in [-0.05, 0) is 30.7 Å². The number of hydrogen-bond donors (Lipinski definition) is 3. The second kappa shape index (κ2) is 8.82. The zero-order chi connectivity index (χ0) is 24.5. The molecule has 1 aliphatic heterocycles. The van der Waals surface area contributed by atoms with E-state index < -0.39 is 35.3 Å². The van der Waals surface area contributed by atoms with E-state index in [-0.39, 0.29) is 35.8 Å². The highest BCUT2D eigenvalue weighted by Crippen LogP contribution is 2.43. The Morgan fingerprint density at radius 2 is 2.00 bits per heavy atom. The van der Waals surface area contributed by atoms with Crippen molar-refractivity contribution in [2.75, 3.05) is 13.1 Å². The minimum Gasteiger partial charge on any atom is -0.439 e. The van der Waals surface area contributed by atoms with Gasteiger partial charge in [-0.3, -0.25) is 29.3 Å². The molecule has 0 aliphatic carbocycles. The number of nitrogens with one attached hydrogen (secondary N) is 2. The number of alkyl halides is 2. The van der Waals surface area contributed by atoms with Crippen molar-refractivity contribution in [3.05, 3.63) is 86.8 Å². The van der Waals surface area contributed by atoms with Gasteiger partial charge in [0.05, 0.1) is 17.8 Å². The van der Waals surface area contributed by atoms with Gasteiger partial charge in [-0.1, -0.05) is 12.1 Å². The quantitative estimate of drug-likeness (QED) is 0.504. The number of nitrogens with zero attached hydrogens (tertiary/aromatic N) is 2. The number of hydrogen-bond acceptors (Lipinski definition) is 6. The Hall–Kier alpha value is -3.86. The van der Waals surface area contributed by atoms with Crippen LogP contribution in [0.1, 0.15) is 30.5 Å². The average Bonchev–Trinajstić information content (AvgIpc) is 2.79. The molecule has 0 radical (unpaired) electrons. The molecular weight excluding hydrogens is 448 g/mol. The summed E-state index contributed by atoms with van der Waals surface area (Å²) in [6, 6.07) is 10.1. The van der Waals surface area contributed by atoms with Gasteiger partial charge in [0.2, 0.25) is 11.5 Å². The smallest absolute Gasteiger partial charge is 0.257 e. The second-order valence-electron chi connectivity index (χ2n) is 8.29. The molecule has 1 amide bonds. The van der Waals surface area contributed by atoms with Crippen LogP contribution in [0.5, 0.6) is 11.6 Å². The Balaban J connectivity index is 1.62. The molecule has 0 aromatic carbocycles. The zero-order valence-electron chi connectivity index (χ0n) is 18.3. The molecule has 3 aromatic heterocycles. The highest BCUT2D eigenvalue weighted by atomic mass is 19.3. The lowest BCUT2D eigenvalue weighted by Gasteiger charge is -2.46. The SMILES string of the molecule is CC(C(N)=O)(c1ccc(Oc2cccc(=O)[nH]2)cn1)N1CCC(F)(F)C(c2ccc(=O)[nH]c2)C1. The van der Waals surface area contributed by atoms with Crippen LogP contribution in [0.3, 0.4) is 0 Å². The van der Waals surface area contributed by atoms with Gasteiger partial charge in [0.25, 0.3) is 11.5 Å². The molecule has 4 heterocycles. The lowest BCUT2D eigenvalue weighted by Crippen LogP contribution is -2.59. The minimum atomic E-state index is -3.04. The van der Waals surface area contributed by atoms with Crippen LogP contribution in [-0.4, -0.2) is 44.8 Å². The van der Waals surface area contributed by atoms with Crippen LogP contribution in [0.2, 0.25) is 0 Å². The molecule has 9 nitrogen and oxygen atoms in total. The van der Waals surface area contributed by atoms with Crippen molar-refractivity contribution in [1.29, 1.82) is 0 Å². The van der Waals surface area contributed by atoms with Gasteiger partial charge in [-0.2, -0.15) is 0 Å². The number of rotatable bonds is 6. The normalized spacial score (nSPS) is 19.8. The van der Waals surface area contributed by atoms with Crippen LogP contribution in [-0.2, 0) is 10.3 Å². The first kappa shape index (κ1) is 23.3. The molecule has 1 saturated heterocycles. The summed E-state index contributed by atoms with van der Waals surface area (Å²) >= 11 is 0. The largest absolute Gasteiger partial charge is 0.439 e. The van der Waals surface area contributed by atoms with Crippen LogP contribution < -0.4 is 21.6 Å². The first-order valence-electron chi connectivity index (χ1n) is 10.5. The van der Waals surface area contributed by atoms with Crippen LogP contribution in [0.25, 0.3) is 0 Å². The van der Waals surface area contributed by atoms with Crippen LogP contribution >= 0.6 is 0 Å². The Morgan fingerprint density at radius 3 is 2.62 bits per heavy atom. The van der Waals surface area contributed by atoms with E-state index in [1.54, 1.807) is 24.0 Å².